The van der Waals surface area contributed by atoms with Crippen molar-refractivity contribution in [2.75, 3.05) is 11.3 Å². The lowest BCUT2D eigenvalue weighted by Crippen LogP contribution is -2.34. The lowest BCUT2D eigenvalue weighted by atomic mass is 9.93. The number of allylic oxidation sites excluding steroid dienone is 2. The van der Waals surface area contributed by atoms with E-state index in [4.69, 9.17) is 17.3 Å². The zero-order chi connectivity index (χ0) is 50.2. The van der Waals surface area contributed by atoms with Gasteiger partial charge >= 0.3 is 12.4 Å². The Balaban J connectivity index is 1.44. The third kappa shape index (κ3) is 10.4. The number of alkyl halides is 8. The maximum absolute atomic E-state index is 15.0. The van der Waals surface area contributed by atoms with E-state index in [9.17, 15) is 65.5 Å². The van der Waals surface area contributed by atoms with Crippen LogP contribution in [0.1, 0.15) is 82.3 Å². The highest BCUT2D eigenvalue weighted by molar-refractivity contribution is 7.94. The highest BCUT2D eigenvalue weighted by atomic mass is 35.5. The van der Waals surface area contributed by atoms with Crippen molar-refractivity contribution in [3.8, 4) is 23.0 Å². The molecular weight excluding hydrogens is 984 g/mol. The Morgan fingerprint density at radius 1 is 0.985 bits per heavy atom. The summed E-state index contributed by atoms with van der Waals surface area (Å²) in [5, 5.41) is 5.20. The van der Waals surface area contributed by atoms with Crippen molar-refractivity contribution in [1.29, 1.82) is 0 Å². The molecular formula is C43H40ClF10N7O5S2. The molecule has 4 aromatic rings. The number of hydrogen-bond donors (Lipinski definition) is 3. The van der Waals surface area contributed by atoms with Crippen molar-refractivity contribution in [3.63, 3.8) is 0 Å². The average molecular weight is 1020 g/mol. The van der Waals surface area contributed by atoms with Crippen LogP contribution in [0.2, 0.25) is 5.02 Å². The molecule has 2 aromatic heterocycles. The third-order valence-electron chi connectivity index (χ3n) is 11.7. The summed E-state index contributed by atoms with van der Waals surface area (Å²) in [5.41, 5.74) is -0.662. The second kappa shape index (κ2) is 17.5. The number of nitrogens with one attached hydrogen (secondary N) is 2. The third-order valence-corrected chi connectivity index (χ3v) is 17.1. The summed E-state index contributed by atoms with van der Waals surface area (Å²) in [7, 11) is -8.08. The maximum Gasteiger partial charge on any atom is 0.431 e. The van der Waals surface area contributed by atoms with Gasteiger partial charge < -0.3 is 11.1 Å². The van der Waals surface area contributed by atoms with Crippen molar-refractivity contribution in [2.24, 2.45) is 10.7 Å². The summed E-state index contributed by atoms with van der Waals surface area (Å²) >= 11 is 6.59. The molecule has 7 rings (SSSR count). The highest BCUT2D eigenvalue weighted by Gasteiger charge is 2.51. The fourth-order valence-corrected chi connectivity index (χ4v) is 10.9. The number of aromatic nitrogens is 3. The molecule has 3 aliphatic carbocycles. The molecule has 3 aliphatic rings. The van der Waals surface area contributed by atoms with Crippen LogP contribution in [0.5, 0.6) is 0 Å². The second-order valence-corrected chi connectivity index (χ2v) is 22.9. The van der Waals surface area contributed by atoms with Gasteiger partial charge in [0.1, 0.15) is 46.6 Å². The Labute approximate surface area is 387 Å². The van der Waals surface area contributed by atoms with Crippen LogP contribution in [-0.4, -0.2) is 82.8 Å². The van der Waals surface area contributed by atoms with Gasteiger partial charge in [-0.15, -0.1) is 0 Å². The number of carbonyl (C=O) groups is 1. The molecule has 366 valence electrons. The van der Waals surface area contributed by atoms with Crippen LogP contribution < -0.4 is 15.8 Å². The van der Waals surface area contributed by atoms with Crippen LogP contribution in [0.15, 0.2) is 58.7 Å². The number of nitrogens with zero attached hydrogens (tertiary/aromatic N) is 4. The maximum atomic E-state index is 15.0. The quantitative estimate of drug-likeness (QED) is 0.0880. The molecule has 2 aromatic carbocycles. The van der Waals surface area contributed by atoms with E-state index in [1.54, 1.807) is 0 Å². The number of anilines is 1. The van der Waals surface area contributed by atoms with Gasteiger partial charge in [0.2, 0.25) is 15.9 Å². The Morgan fingerprint density at radius 2 is 1.62 bits per heavy atom. The molecule has 3 fully saturated rings. The Kier molecular flexibility index (Phi) is 13.0. The van der Waals surface area contributed by atoms with Crippen LogP contribution in [0.25, 0.3) is 22.0 Å². The zero-order valence-electron chi connectivity index (χ0n) is 35.9. The highest BCUT2D eigenvalue weighted by Crippen LogP contribution is 2.46. The fourth-order valence-electron chi connectivity index (χ4n) is 7.62. The van der Waals surface area contributed by atoms with E-state index in [0.29, 0.717) is 23.6 Å². The number of sulfonamides is 1. The second-order valence-electron chi connectivity index (χ2n) is 17.5. The number of halogens is 11. The molecule has 0 bridgehead atoms. The van der Waals surface area contributed by atoms with E-state index in [0.717, 1.165) is 12.1 Å². The van der Waals surface area contributed by atoms with Crippen molar-refractivity contribution >= 4 is 59.8 Å². The first-order valence-electron chi connectivity index (χ1n) is 20.6. The van der Waals surface area contributed by atoms with Gasteiger partial charge in [-0.25, -0.2) is 30.6 Å². The van der Waals surface area contributed by atoms with Crippen LogP contribution in [0.4, 0.5) is 49.7 Å². The lowest BCUT2D eigenvalue weighted by Gasteiger charge is -2.23. The normalized spacial score (nSPS) is 19.1. The summed E-state index contributed by atoms with van der Waals surface area (Å²) in [6.45, 7) is 1.03. The average Bonchev–Trinajstić information content (AvgIpc) is 4.15. The summed E-state index contributed by atoms with van der Waals surface area (Å²) in [6, 6.07) is 5.44. The summed E-state index contributed by atoms with van der Waals surface area (Å²) in [5.74, 6) is -2.66. The standard InChI is InChI=1S/C43H40ClF10N7O5S2/c1-39(2,67(63,64)26-5-6-26)12-10-25-4-7-27(28-8-9-30(44)33-35(28)61(21-42(49,50)51)59-38(33)60-68(65,66)40(3)14-15-40)34(57-25)31(18-22-16-23(45)19-24(46)17-22)58-32(62)20-56-37-29(11-13-41(37,47)48)36(55)43(52,53)54/h4,7-9,16-17,19,26,31H,5-6,11,13-15,18,20-21,55H2,1-3H3,(H,58,62)(H,59,60)/t31-/m0/s1. The van der Waals surface area contributed by atoms with Gasteiger partial charge in [0, 0.05) is 29.2 Å². The van der Waals surface area contributed by atoms with Gasteiger partial charge in [-0.05, 0) is 101 Å². The first-order valence-corrected chi connectivity index (χ1v) is 24.0. The number of pyridine rings is 1. The van der Waals surface area contributed by atoms with E-state index in [1.165, 1.54) is 45.0 Å². The first-order chi connectivity index (χ1) is 31.3. The molecule has 0 radical (unpaired) electrons. The fraction of sp³-hybridized carbons (Fsp3) is 0.442. The Bertz CT molecular complexity index is 3060. The molecule has 68 heavy (non-hydrogen) atoms. The summed E-state index contributed by atoms with van der Waals surface area (Å²) < 4.78 is 196. The van der Waals surface area contributed by atoms with Gasteiger partial charge in [0.05, 0.1) is 37.7 Å². The molecule has 3 saturated carbocycles. The number of sulfone groups is 1. The van der Waals surface area contributed by atoms with Gasteiger partial charge in [0.15, 0.2) is 15.7 Å². The van der Waals surface area contributed by atoms with Gasteiger partial charge in [-0.2, -0.15) is 40.2 Å². The molecule has 0 aliphatic heterocycles. The molecule has 12 nitrogen and oxygen atoms in total. The molecule has 0 spiro atoms. The van der Waals surface area contributed by atoms with E-state index in [1.807, 2.05) is 0 Å². The molecule has 25 heteroatoms. The monoisotopic (exact) mass is 1020 g/mol. The largest absolute Gasteiger partial charge is 0.431 e. The summed E-state index contributed by atoms with van der Waals surface area (Å²) in [4.78, 5) is 21.9. The molecule has 4 N–H and O–H groups in total. The van der Waals surface area contributed by atoms with Crippen LogP contribution in [0, 0.1) is 23.5 Å². The van der Waals surface area contributed by atoms with Crippen molar-refractivity contribution in [1.82, 2.24) is 20.1 Å². The molecule has 0 saturated heterocycles. The number of rotatable bonds is 13. The van der Waals surface area contributed by atoms with Crippen LogP contribution >= 0.6 is 11.6 Å². The molecule has 2 heterocycles. The zero-order valence-corrected chi connectivity index (χ0v) is 38.3. The number of nitrogens with two attached hydrogens (primary N) is 1. The topological polar surface area (TPSA) is 179 Å². The first kappa shape index (κ1) is 50.5. The predicted molar refractivity (Wildman–Crippen MR) is 232 cm³/mol. The number of amides is 1. The number of hydrogen-bond acceptors (Lipinski definition) is 9. The SMILES string of the molecule is CC1(S(=O)(=O)Nc2nn(CC(F)(F)F)c3c(-c4ccc(C#CC(C)(C)S(=O)(=O)C5CC5)nc4[C@H](Cc4cc(F)cc(F)c4)NC(=O)CN=C4C(=C(N)C(F)(F)F)CCC4(F)F)ccc(Cl)c23)CC1. The lowest BCUT2D eigenvalue weighted by molar-refractivity contribution is -0.141. The smallest absolute Gasteiger partial charge is 0.394 e. The number of carbonyl (C=O) groups excluding carboxylic acids is 1. The molecule has 1 amide bonds. The van der Waals surface area contributed by atoms with Crippen LogP contribution in [0.3, 0.4) is 0 Å². The van der Waals surface area contributed by atoms with E-state index in [2.05, 4.69) is 37.0 Å². The minimum atomic E-state index is -5.24. The Hall–Kier alpha value is -5.41. The van der Waals surface area contributed by atoms with Crippen molar-refractivity contribution in [2.45, 2.75) is 111 Å². The van der Waals surface area contributed by atoms with E-state index < -0.39 is 137 Å². The van der Waals surface area contributed by atoms with Gasteiger partial charge in [-0.1, -0.05) is 23.6 Å². The number of aliphatic imine (C=N–C) groups is 1. The van der Waals surface area contributed by atoms with Crippen molar-refractivity contribution in [3.05, 3.63) is 87.3 Å². The summed E-state index contributed by atoms with van der Waals surface area (Å²) in [6.07, 6.45) is -11.5. The number of benzene rings is 2. The van der Waals surface area contributed by atoms with Gasteiger partial charge in [0.25, 0.3) is 5.92 Å². The van der Waals surface area contributed by atoms with E-state index in [-0.39, 0.29) is 51.3 Å². The van der Waals surface area contributed by atoms with Crippen LogP contribution in [-0.2, 0) is 37.6 Å². The van der Waals surface area contributed by atoms with E-state index >= 15 is 0 Å². The Morgan fingerprint density at radius 3 is 2.21 bits per heavy atom. The molecule has 0 unspecified atom stereocenters. The molecule has 1 atom stereocenters. The van der Waals surface area contributed by atoms with Crippen molar-refractivity contribution < 1.29 is 65.5 Å². The minimum Gasteiger partial charge on any atom is -0.394 e. The number of fused-ring (bicyclic) bond motifs is 1. The predicted octanol–water partition coefficient (Wildman–Crippen LogP) is 8.64. The van der Waals surface area contributed by atoms with Gasteiger partial charge in [-0.3, -0.25) is 19.2 Å². The minimum absolute atomic E-state index is 0.173.